The Morgan fingerprint density at radius 3 is 2.59 bits per heavy atom. The highest BCUT2D eigenvalue weighted by Crippen LogP contribution is 2.34. The Kier molecular flexibility index (Phi) is 4.47. The van der Waals surface area contributed by atoms with Crippen LogP contribution in [0.1, 0.15) is 44.1 Å². The summed E-state index contributed by atoms with van der Waals surface area (Å²) in [5, 5.41) is 0.0932. The maximum absolute atomic E-state index is 6.52. The zero-order valence-corrected chi connectivity index (χ0v) is 11.4. The molecule has 94 valence electrons. The van der Waals surface area contributed by atoms with Crippen LogP contribution in [-0.2, 0) is 4.74 Å². The van der Waals surface area contributed by atoms with Crippen LogP contribution in [0.5, 0.6) is 0 Å². The maximum atomic E-state index is 6.52. The average Bonchev–Trinajstić information content (AvgIpc) is 2.75. The Hall–Kier alpha value is -0.530. The van der Waals surface area contributed by atoms with Crippen LogP contribution in [0.25, 0.3) is 0 Å². The summed E-state index contributed by atoms with van der Waals surface area (Å²) in [6.45, 7) is 4.37. The second-order valence-electron chi connectivity index (χ2n) is 5.17. The molecular weight excluding hydrogens is 232 g/mol. The van der Waals surface area contributed by atoms with Gasteiger partial charge in [0.15, 0.2) is 0 Å². The van der Waals surface area contributed by atoms with Crippen molar-refractivity contribution in [1.82, 2.24) is 0 Å². The zero-order chi connectivity index (χ0) is 12.3. The SMILES string of the molecule is CC1CCC(CC(C)C(Cl)c2ccccc2)O1. The van der Waals surface area contributed by atoms with E-state index in [1.807, 2.05) is 18.2 Å². The van der Waals surface area contributed by atoms with Gasteiger partial charge in [-0.05, 0) is 37.7 Å². The second-order valence-corrected chi connectivity index (χ2v) is 5.64. The van der Waals surface area contributed by atoms with Gasteiger partial charge in [0.1, 0.15) is 0 Å². The van der Waals surface area contributed by atoms with Gasteiger partial charge in [-0.1, -0.05) is 37.3 Å². The maximum Gasteiger partial charge on any atom is 0.0611 e. The van der Waals surface area contributed by atoms with Crippen LogP contribution in [0.2, 0.25) is 0 Å². The first-order valence-corrected chi connectivity index (χ1v) is 6.95. The molecule has 1 nitrogen and oxygen atoms in total. The molecule has 1 aromatic carbocycles. The third kappa shape index (κ3) is 3.46. The Morgan fingerprint density at radius 1 is 1.29 bits per heavy atom. The van der Waals surface area contributed by atoms with Crippen molar-refractivity contribution in [3.8, 4) is 0 Å². The summed E-state index contributed by atoms with van der Waals surface area (Å²) in [4.78, 5) is 0. The van der Waals surface area contributed by atoms with Gasteiger partial charge in [0.05, 0.1) is 17.6 Å². The van der Waals surface area contributed by atoms with E-state index < -0.39 is 0 Å². The third-order valence-corrected chi connectivity index (χ3v) is 4.25. The monoisotopic (exact) mass is 252 g/mol. The van der Waals surface area contributed by atoms with Crippen LogP contribution in [-0.4, -0.2) is 12.2 Å². The fraction of sp³-hybridized carbons (Fsp3) is 0.600. The summed E-state index contributed by atoms with van der Waals surface area (Å²) >= 11 is 6.52. The van der Waals surface area contributed by atoms with E-state index in [4.69, 9.17) is 16.3 Å². The summed E-state index contributed by atoms with van der Waals surface area (Å²) < 4.78 is 5.86. The van der Waals surface area contributed by atoms with E-state index >= 15 is 0 Å². The van der Waals surface area contributed by atoms with Crippen molar-refractivity contribution in [3.05, 3.63) is 35.9 Å². The molecule has 0 radical (unpaired) electrons. The number of alkyl halides is 1. The van der Waals surface area contributed by atoms with E-state index in [0.717, 1.165) is 6.42 Å². The molecule has 4 atom stereocenters. The minimum Gasteiger partial charge on any atom is -0.375 e. The van der Waals surface area contributed by atoms with E-state index in [1.165, 1.54) is 18.4 Å². The average molecular weight is 253 g/mol. The van der Waals surface area contributed by atoms with Gasteiger partial charge in [0.25, 0.3) is 0 Å². The van der Waals surface area contributed by atoms with E-state index in [2.05, 4.69) is 26.0 Å². The predicted octanol–water partition coefficient (Wildman–Crippen LogP) is 4.56. The number of hydrogen-bond donors (Lipinski definition) is 0. The van der Waals surface area contributed by atoms with Crippen LogP contribution in [0.4, 0.5) is 0 Å². The topological polar surface area (TPSA) is 9.23 Å². The van der Waals surface area contributed by atoms with E-state index in [0.29, 0.717) is 18.1 Å². The first-order chi connectivity index (χ1) is 8.16. The molecular formula is C15H21ClO. The standard InChI is InChI=1S/C15H21ClO/c1-11(10-14-9-8-12(2)17-14)15(16)13-6-4-3-5-7-13/h3-7,11-12,14-15H,8-10H2,1-2H3. The van der Waals surface area contributed by atoms with Crippen molar-refractivity contribution in [2.24, 2.45) is 5.92 Å². The molecule has 0 saturated carbocycles. The summed E-state index contributed by atoms with van der Waals surface area (Å²) in [5.74, 6) is 0.453. The molecule has 1 heterocycles. The lowest BCUT2D eigenvalue weighted by molar-refractivity contribution is 0.0419. The van der Waals surface area contributed by atoms with Gasteiger partial charge in [0.2, 0.25) is 0 Å². The largest absolute Gasteiger partial charge is 0.375 e. The smallest absolute Gasteiger partial charge is 0.0611 e. The molecule has 1 saturated heterocycles. The quantitative estimate of drug-likeness (QED) is 0.714. The van der Waals surface area contributed by atoms with Gasteiger partial charge in [-0.3, -0.25) is 0 Å². The number of rotatable bonds is 4. The first kappa shape index (κ1) is 12.9. The molecule has 0 aliphatic carbocycles. The summed E-state index contributed by atoms with van der Waals surface area (Å²) in [6, 6.07) is 10.3. The van der Waals surface area contributed by atoms with Crippen molar-refractivity contribution in [2.45, 2.75) is 50.7 Å². The Morgan fingerprint density at radius 2 is 2.00 bits per heavy atom. The molecule has 0 bridgehead atoms. The second kappa shape index (κ2) is 5.88. The molecule has 1 fully saturated rings. The fourth-order valence-corrected chi connectivity index (χ4v) is 2.81. The van der Waals surface area contributed by atoms with E-state index in [-0.39, 0.29) is 5.38 Å². The lowest BCUT2D eigenvalue weighted by Crippen LogP contribution is -2.15. The molecule has 2 heteroatoms. The summed E-state index contributed by atoms with van der Waals surface area (Å²) in [6.07, 6.45) is 4.27. The molecule has 1 aliphatic heterocycles. The number of hydrogen-bond acceptors (Lipinski definition) is 1. The summed E-state index contributed by atoms with van der Waals surface area (Å²) in [5.41, 5.74) is 1.22. The molecule has 17 heavy (non-hydrogen) atoms. The van der Waals surface area contributed by atoms with Gasteiger partial charge in [-0.25, -0.2) is 0 Å². The van der Waals surface area contributed by atoms with Gasteiger partial charge in [-0.2, -0.15) is 0 Å². The minimum atomic E-state index is 0.0932. The van der Waals surface area contributed by atoms with Crippen LogP contribution in [0, 0.1) is 5.92 Å². The van der Waals surface area contributed by atoms with Gasteiger partial charge >= 0.3 is 0 Å². The number of benzene rings is 1. The molecule has 0 aromatic heterocycles. The number of halogens is 1. The van der Waals surface area contributed by atoms with Crippen molar-refractivity contribution in [2.75, 3.05) is 0 Å². The Labute approximate surface area is 109 Å². The molecule has 1 aliphatic rings. The highest BCUT2D eigenvalue weighted by Gasteiger charge is 2.26. The fourth-order valence-electron chi connectivity index (χ4n) is 2.56. The Bertz CT molecular complexity index is 338. The molecule has 0 amide bonds. The lowest BCUT2D eigenvalue weighted by atomic mass is 9.94. The van der Waals surface area contributed by atoms with Crippen molar-refractivity contribution < 1.29 is 4.74 Å². The Balaban J connectivity index is 1.89. The molecule has 2 rings (SSSR count). The highest BCUT2D eigenvalue weighted by atomic mass is 35.5. The third-order valence-electron chi connectivity index (χ3n) is 3.57. The van der Waals surface area contributed by atoms with Gasteiger partial charge < -0.3 is 4.74 Å². The molecule has 1 aromatic rings. The first-order valence-electron chi connectivity index (χ1n) is 6.51. The van der Waals surface area contributed by atoms with Crippen LogP contribution >= 0.6 is 11.6 Å². The van der Waals surface area contributed by atoms with E-state index in [1.54, 1.807) is 0 Å². The van der Waals surface area contributed by atoms with Crippen LogP contribution in [0.3, 0.4) is 0 Å². The molecule has 0 N–H and O–H groups in total. The predicted molar refractivity (Wildman–Crippen MR) is 72.4 cm³/mol. The minimum absolute atomic E-state index is 0.0932. The summed E-state index contributed by atoms with van der Waals surface area (Å²) in [7, 11) is 0. The molecule has 0 spiro atoms. The van der Waals surface area contributed by atoms with Crippen LogP contribution < -0.4 is 0 Å². The van der Waals surface area contributed by atoms with Crippen molar-refractivity contribution >= 4 is 11.6 Å². The lowest BCUT2D eigenvalue weighted by Gasteiger charge is -2.21. The highest BCUT2D eigenvalue weighted by molar-refractivity contribution is 6.20. The van der Waals surface area contributed by atoms with Crippen molar-refractivity contribution in [3.63, 3.8) is 0 Å². The number of ether oxygens (including phenoxy) is 1. The van der Waals surface area contributed by atoms with Gasteiger partial charge in [-0.15, -0.1) is 11.6 Å². The van der Waals surface area contributed by atoms with Crippen LogP contribution in [0.15, 0.2) is 30.3 Å². The zero-order valence-electron chi connectivity index (χ0n) is 10.6. The normalized spacial score (nSPS) is 27.9. The van der Waals surface area contributed by atoms with Crippen molar-refractivity contribution in [1.29, 1.82) is 0 Å². The van der Waals surface area contributed by atoms with E-state index in [9.17, 15) is 0 Å². The molecule has 4 unspecified atom stereocenters. The van der Waals surface area contributed by atoms with Gasteiger partial charge in [0, 0.05) is 0 Å².